The SMILES string of the molecule is COc1ccc(N2C3=CN(C)CN(C)C3=NC2c2ccc(N(C)C)cc2)cc1. The lowest BCUT2D eigenvalue weighted by Crippen LogP contribution is -2.42. The highest BCUT2D eigenvalue weighted by molar-refractivity contribution is 6.04. The summed E-state index contributed by atoms with van der Waals surface area (Å²) in [5.74, 6) is 1.87. The Labute approximate surface area is 166 Å². The molecule has 6 nitrogen and oxygen atoms in total. The molecule has 0 fully saturated rings. The van der Waals surface area contributed by atoms with Crippen LogP contribution in [0.25, 0.3) is 0 Å². The van der Waals surface area contributed by atoms with Gasteiger partial charge in [-0.05, 0) is 42.0 Å². The summed E-state index contributed by atoms with van der Waals surface area (Å²) in [5, 5.41) is 0. The minimum atomic E-state index is -0.0974. The van der Waals surface area contributed by atoms with E-state index in [0.717, 1.165) is 29.6 Å². The smallest absolute Gasteiger partial charge is 0.153 e. The average molecular weight is 377 g/mol. The zero-order chi connectivity index (χ0) is 19.8. The molecule has 0 aliphatic carbocycles. The topological polar surface area (TPSA) is 34.6 Å². The number of hydrogen-bond donors (Lipinski definition) is 0. The van der Waals surface area contributed by atoms with Crippen molar-refractivity contribution in [1.82, 2.24) is 9.80 Å². The minimum Gasteiger partial charge on any atom is -0.497 e. The Balaban J connectivity index is 1.78. The number of nitrogens with zero attached hydrogens (tertiary/aromatic N) is 5. The number of rotatable bonds is 4. The first-order valence-electron chi connectivity index (χ1n) is 9.40. The summed E-state index contributed by atoms with van der Waals surface area (Å²) in [6.45, 7) is 0.824. The number of benzene rings is 2. The van der Waals surface area contributed by atoms with Crippen molar-refractivity contribution in [2.75, 3.05) is 51.8 Å². The second-order valence-electron chi connectivity index (χ2n) is 7.49. The molecule has 0 saturated heterocycles. The second-order valence-corrected chi connectivity index (χ2v) is 7.49. The molecule has 1 atom stereocenters. The lowest BCUT2D eigenvalue weighted by molar-refractivity contribution is 0.304. The van der Waals surface area contributed by atoms with Gasteiger partial charge in [-0.25, -0.2) is 4.99 Å². The van der Waals surface area contributed by atoms with Crippen molar-refractivity contribution < 1.29 is 4.74 Å². The molecule has 2 aliphatic rings. The standard InChI is InChI=1S/C22H27N5O/c1-24(2)17-8-6-16(7-9-17)21-23-22-20(14-25(3)15-26(22)4)27(21)18-10-12-19(28-5)13-11-18/h6-14,21H,15H2,1-5H3. The fourth-order valence-electron chi connectivity index (χ4n) is 3.74. The van der Waals surface area contributed by atoms with Crippen LogP contribution < -0.4 is 14.5 Å². The summed E-state index contributed by atoms with van der Waals surface area (Å²) in [7, 11) is 9.98. The quantitative estimate of drug-likeness (QED) is 0.816. The number of methoxy groups -OCH3 is 1. The Hall–Kier alpha value is -3.15. The molecule has 0 amide bonds. The summed E-state index contributed by atoms with van der Waals surface area (Å²) in [6, 6.07) is 16.8. The molecule has 2 aromatic rings. The van der Waals surface area contributed by atoms with Crippen LogP contribution in [0.1, 0.15) is 11.7 Å². The fraction of sp³-hybridized carbons (Fsp3) is 0.318. The van der Waals surface area contributed by atoms with Gasteiger partial charge in [0.1, 0.15) is 11.4 Å². The van der Waals surface area contributed by atoms with Gasteiger partial charge in [0.25, 0.3) is 0 Å². The molecule has 1 unspecified atom stereocenters. The maximum Gasteiger partial charge on any atom is 0.153 e. The Kier molecular flexibility index (Phi) is 4.63. The first kappa shape index (κ1) is 18.2. The maximum absolute atomic E-state index is 5.34. The van der Waals surface area contributed by atoms with Gasteiger partial charge in [0.2, 0.25) is 0 Å². The van der Waals surface area contributed by atoms with Gasteiger partial charge < -0.3 is 24.3 Å². The van der Waals surface area contributed by atoms with E-state index >= 15 is 0 Å². The molecule has 0 saturated carbocycles. The molecular formula is C22H27N5O. The fourth-order valence-corrected chi connectivity index (χ4v) is 3.74. The highest BCUT2D eigenvalue weighted by atomic mass is 16.5. The van der Waals surface area contributed by atoms with Gasteiger partial charge in [-0.15, -0.1) is 0 Å². The van der Waals surface area contributed by atoms with Crippen LogP contribution in [0.3, 0.4) is 0 Å². The average Bonchev–Trinajstić information content (AvgIpc) is 3.07. The Morgan fingerprint density at radius 3 is 2.29 bits per heavy atom. The normalized spacial score (nSPS) is 18.6. The van der Waals surface area contributed by atoms with Gasteiger partial charge in [-0.3, -0.25) is 0 Å². The zero-order valence-electron chi connectivity index (χ0n) is 17.1. The molecule has 0 aromatic heterocycles. The van der Waals surface area contributed by atoms with Crippen molar-refractivity contribution in [2.24, 2.45) is 4.99 Å². The summed E-state index contributed by atoms with van der Waals surface area (Å²) in [4.78, 5) is 13.9. The highest BCUT2D eigenvalue weighted by Crippen LogP contribution is 2.40. The van der Waals surface area contributed by atoms with E-state index in [2.05, 4.69) is 90.4 Å². The minimum absolute atomic E-state index is 0.0974. The predicted molar refractivity (Wildman–Crippen MR) is 115 cm³/mol. The van der Waals surface area contributed by atoms with Crippen molar-refractivity contribution in [1.29, 1.82) is 0 Å². The van der Waals surface area contributed by atoms with Gasteiger partial charge >= 0.3 is 0 Å². The maximum atomic E-state index is 5.34. The van der Waals surface area contributed by atoms with Crippen LogP contribution in [0.15, 0.2) is 65.4 Å². The van der Waals surface area contributed by atoms with E-state index in [-0.39, 0.29) is 6.17 Å². The van der Waals surface area contributed by atoms with Crippen LogP contribution in [0.5, 0.6) is 5.75 Å². The van der Waals surface area contributed by atoms with Crippen molar-refractivity contribution in [2.45, 2.75) is 6.17 Å². The highest BCUT2D eigenvalue weighted by Gasteiger charge is 2.37. The molecule has 2 aromatic carbocycles. The van der Waals surface area contributed by atoms with Crippen LogP contribution in [-0.4, -0.2) is 57.6 Å². The van der Waals surface area contributed by atoms with Gasteiger partial charge in [-0.1, -0.05) is 12.1 Å². The molecule has 28 heavy (non-hydrogen) atoms. The first-order chi connectivity index (χ1) is 13.5. The van der Waals surface area contributed by atoms with E-state index in [1.54, 1.807) is 7.11 Å². The number of amidine groups is 1. The monoisotopic (exact) mass is 377 g/mol. The Morgan fingerprint density at radius 1 is 1.00 bits per heavy atom. The zero-order valence-corrected chi connectivity index (χ0v) is 17.1. The molecule has 0 radical (unpaired) electrons. The van der Waals surface area contributed by atoms with Crippen molar-refractivity contribution >= 4 is 17.2 Å². The van der Waals surface area contributed by atoms with E-state index in [1.807, 2.05) is 12.1 Å². The largest absolute Gasteiger partial charge is 0.497 e. The van der Waals surface area contributed by atoms with Crippen LogP contribution >= 0.6 is 0 Å². The third-order valence-corrected chi connectivity index (χ3v) is 5.18. The van der Waals surface area contributed by atoms with E-state index in [9.17, 15) is 0 Å². The summed E-state index contributed by atoms with van der Waals surface area (Å²) in [6.07, 6.45) is 2.08. The molecule has 0 bridgehead atoms. The third-order valence-electron chi connectivity index (χ3n) is 5.18. The molecule has 0 spiro atoms. The molecule has 2 heterocycles. The van der Waals surface area contributed by atoms with Gasteiger partial charge in [0.05, 0.1) is 13.8 Å². The van der Waals surface area contributed by atoms with Crippen LogP contribution in [-0.2, 0) is 0 Å². The van der Waals surface area contributed by atoms with E-state index in [4.69, 9.17) is 9.73 Å². The summed E-state index contributed by atoms with van der Waals surface area (Å²) in [5.41, 5.74) is 4.55. The van der Waals surface area contributed by atoms with Crippen molar-refractivity contribution in [3.63, 3.8) is 0 Å². The van der Waals surface area contributed by atoms with E-state index in [0.29, 0.717) is 0 Å². The number of aliphatic imine (C=N–C) groups is 1. The third kappa shape index (κ3) is 3.15. The number of ether oxygens (including phenoxy) is 1. The van der Waals surface area contributed by atoms with Crippen molar-refractivity contribution in [3.8, 4) is 5.75 Å². The van der Waals surface area contributed by atoms with Crippen LogP contribution in [0, 0.1) is 0 Å². The van der Waals surface area contributed by atoms with E-state index < -0.39 is 0 Å². The number of hydrogen-bond acceptors (Lipinski definition) is 6. The lowest BCUT2D eigenvalue weighted by atomic mass is 10.1. The molecule has 2 aliphatic heterocycles. The lowest BCUT2D eigenvalue weighted by Gasteiger charge is -2.34. The van der Waals surface area contributed by atoms with Gasteiger partial charge in [0.15, 0.2) is 12.0 Å². The molecule has 146 valence electrons. The van der Waals surface area contributed by atoms with Crippen LogP contribution in [0.2, 0.25) is 0 Å². The van der Waals surface area contributed by atoms with E-state index in [1.165, 1.54) is 11.3 Å². The Bertz CT molecular complexity index is 902. The van der Waals surface area contributed by atoms with Crippen LogP contribution in [0.4, 0.5) is 11.4 Å². The number of anilines is 2. The molecule has 4 rings (SSSR count). The predicted octanol–water partition coefficient (Wildman–Crippen LogP) is 3.35. The second kappa shape index (κ2) is 7.11. The number of likely N-dealkylation sites (N-methyl/N-ethyl adjacent to an activating group) is 1. The molecular weight excluding hydrogens is 350 g/mol. The summed E-state index contributed by atoms with van der Waals surface area (Å²) >= 11 is 0. The molecule has 6 heteroatoms. The van der Waals surface area contributed by atoms with Crippen molar-refractivity contribution in [3.05, 3.63) is 66.0 Å². The summed E-state index contributed by atoms with van der Waals surface area (Å²) < 4.78 is 5.34. The first-order valence-corrected chi connectivity index (χ1v) is 9.40. The molecule has 0 N–H and O–H groups in total. The van der Waals surface area contributed by atoms with Gasteiger partial charge in [0, 0.05) is 45.8 Å². The Morgan fingerprint density at radius 2 is 1.68 bits per heavy atom. The number of fused-ring (bicyclic) bond motifs is 1. The van der Waals surface area contributed by atoms with Gasteiger partial charge in [-0.2, -0.15) is 0 Å².